The van der Waals surface area contributed by atoms with Gasteiger partial charge in [-0.2, -0.15) is 0 Å². The van der Waals surface area contributed by atoms with Crippen molar-refractivity contribution >= 4 is 5.91 Å². The van der Waals surface area contributed by atoms with Crippen molar-refractivity contribution in [3.63, 3.8) is 0 Å². The van der Waals surface area contributed by atoms with Gasteiger partial charge in [-0.15, -0.1) is 0 Å². The maximum Gasteiger partial charge on any atom is 0.246 e. The van der Waals surface area contributed by atoms with Gasteiger partial charge in [0.15, 0.2) is 0 Å². The number of hydrogen-bond donors (Lipinski definition) is 2. The summed E-state index contributed by atoms with van der Waals surface area (Å²) < 4.78 is 5.04. The van der Waals surface area contributed by atoms with Crippen molar-refractivity contribution in [1.82, 2.24) is 10.6 Å². The Morgan fingerprint density at radius 1 is 1.60 bits per heavy atom. The summed E-state index contributed by atoms with van der Waals surface area (Å²) >= 11 is 0. The summed E-state index contributed by atoms with van der Waals surface area (Å²) in [5.41, 5.74) is 0. The predicted octanol–water partition coefficient (Wildman–Crippen LogP) is 0.385. The van der Waals surface area contributed by atoms with Crippen molar-refractivity contribution in [2.24, 2.45) is 11.8 Å². The Balaban J connectivity index is 2.14. The number of nitrogens with one attached hydrogen (secondary N) is 2. The van der Waals surface area contributed by atoms with Gasteiger partial charge >= 0.3 is 0 Å². The van der Waals surface area contributed by atoms with Gasteiger partial charge in [-0.25, -0.2) is 0 Å². The molecule has 2 unspecified atom stereocenters. The van der Waals surface area contributed by atoms with E-state index in [1.807, 2.05) is 6.92 Å². The quantitative estimate of drug-likeness (QED) is 0.696. The summed E-state index contributed by atoms with van der Waals surface area (Å²) in [5.74, 6) is 1.26. The fourth-order valence-electron chi connectivity index (χ4n) is 1.86. The fraction of sp³-hybridized carbons (Fsp3) is 0.909. The second-order valence-corrected chi connectivity index (χ2v) is 4.17. The lowest BCUT2D eigenvalue weighted by Gasteiger charge is -2.29. The Kier molecular flexibility index (Phi) is 5.65. The Hall–Kier alpha value is -0.610. The molecule has 1 heterocycles. The number of ether oxygens (including phenoxy) is 1. The van der Waals surface area contributed by atoms with Crippen molar-refractivity contribution in [1.29, 1.82) is 0 Å². The minimum absolute atomic E-state index is 0.00239. The van der Waals surface area contributed by atoms with E-state index in [0.717, 1.165) is 26.1 Å². The van der Waals surface area contributed by atoms with Gasteiger partial charge in [0, 0.05) is 13.2 Å². The Morgan fingerprint density at radius 2 is 2.40 bits per heavy atom. The van der Waals surface area contributed by atoms with Gasteiger partial charge in [-0.1, -0.05) is 6.92 Å². The Bertz CT molecular complexity index is 197. The zero-order valence-electron chi connectivity index (χ0n) is 9.71. The molecule has 0 saturated carbocycles. The molecule has 2 atom stereocenters. The van der Waals surface area contributed by atoms with Crippen LogP contribution in [-0.2, 0) is 9.53 Å². The molecule has 0 radical (unpaired) electrons. The molecule has 1 saturated heterocycles. The monoisotopic (exact) mass is 214 g/mol. The molecule has 1 amide bonds. The number of amides is 1. The maximum atomic E-state index is 11.3. The number of hydrogen-bond acceptors (Lipinski definition) is 3. The summed E-state index contributed by atoms with van der Waals surface area (Å²) in [7, 11) is 0. The topological polar surface area (TPSA) is 50.4 Å². The van der Waals surface area contributed by atoms with Crippen LogP contribution in [0.5, 0.6) is 0 Å². The highest BCUT2D eigenvalue weighted by atomic mass is 16.5. The van der Waals surface area contributed by atoms with Crippen LogP contribution >= 0.6 is 0 Å². The van der Waals surface area contributed by atoms with Gasteiger partial charge in [-0.3, -0.25) is 4.79 Å². The lowest BCUT2D eigenvalue weighted by Crippen LogP contribution is -2.41. The first-order valence-electron chi connectivity index (χ1n) is 5.79. The van der Waals surface area contributed by atoms with E-state index in [9.17, 15) is 4.79 Å². The van der Waals surface area contributed by atoms with Crippen LogP contribution in [0.3, 0.4) is 0 Å². The van der Waals surface area contributed by atoms with E-state index in [-0.39, 0.29) is 12.5 Å². The summed E-state index contributed by atoms with van der Waals surface area (Å²) in [6.07, 6.45) is 1.15. The van der Waals surface area contributed by atoms with E-state index in [1.165, 1.54) is 0 Å². The van der Waals surface area contributed by atoms with Gasteiger partial charge in [0.25, 0.3) is 0 Å². The highest BCUT2D eigenvalue weighted by molar-refractivity contribution is 5.77. The fourth-order valence-corrected chi connectivity index (χ4v) is 1.86. The largest absolute Gasteiger partial charge is 0.372 e. The molecule has 1 rings (SSSR count). The molecule has 0 aromatic heterocycles. The van der Waals surface area contributed by atoms with Gasteiger partial charge in [0.05, 0.1) is 0 Å². The van der Waals surface area contributed by atoms with E-state index in [1.54, 1.807) is 0 Å². The highest BCUT2D eigenvalue weighted by Crippen LogP contribution is 2.17. The van der Waals surface area contributed by atoms with Gasteiger partial charge < -0.3 is 15.4 Å². The number of rotatable bonds is 5. The third-order valence-corrected chi connectivity index (χ3v) is 2.96. The second-order valence-electron chi connectivity index (χ2n) is 4.17. The molecular formula is C11H22N2O2. The minimum atomic E-state index is 0.00239. The molecule has 0 spiro atoms. The Morgan fingerprint density at radius 3 is 3.07 bits per heavy atom. The van der Waals surface area contributed by atoms with E-state index >= 15 is 0 Å². The van der Waals surface area contributed by atoms with Crippen LogP contribution in [0.1, 0.15) is 20.3 Å². The smallest absolute Gasteiger partial charge is 0.246 e. The van der Waals surface area contributed by atoms with Crippen LogP contribution in [-0.4, -0.2) is 38.8 Å². The van der Waals surface area contributed by atoms with Gasteiger partial charge in [-0.05, 0) is 38.3 Å². The molecular weight excluding hydrogens is 192 g/mol. The molecule has 88 valence electrons. The molecule has 15 heavy (non-hydrogen) atoms. The molecule has 0 bridgehead atoms. The summed E-state index contributed by atoms with van der Waals surface area (Å²) in [4.78, 5) is 11.3. The van der Waals surface area contributed by atoms with E-state index in [0.29, 0.717) is 18.4 Å². The summed E-state index contributed by atoms with van der Waals surface area (Å²) in [5, 5.41) is 6.27. The zero-order valence-corrected chi connectivity index (χ0v) is 9.71. The average Bonchev–Trinajstić information content (AvgIpc) is 2.25. The molecule has 1 aliphatic heterocycles. The average molecular weight is 214 g/mol. The number of piperidine rings is 1. The van der Waals surface area contributed by atoms with Crippen molar-refractivity contribution in [3.8, 4) is 0 Å². The molecule has 2 N–H and O–H groups in total. The minimum Gasteiger partial charge on any atom is -0.372 e. The molecule has 0 aromatic rings. The van der Waals surface area contributed by atoms with Crippen LogP contribution in [0.25, 0.3) is 0 Å². The van der Waals surface area contributed by atoms with Crippen molar-refractivity contribution in [3.05, 3.63) is 0 Å². The predicted molar refractivity (Wildman–Crippen MR) is 59.6 cm³/mol. The van der Waals surface area contributed by atoms with Gasteiger partial charge in [0.2, 0.25) is 5.91 Å². The normalized spacial score (nSPS) is 26.3. The van der Waals surface area contributed by atoms with Crippen LogP contribution in [0.4, 0.5) is 0 Å². The standard InChI is InChI=1S/C11H22N2O2/c1-3-15-8-11(14)13-7-10-4-5-12-6-9(10)2/h9-10,12H,3-8H2,1-2H3,(H,13,14). The zero-order chi connectivity index (χ0) is 11.1. The number of carbonyl (C=O) groups excluding carboxylic acids is 1. The Labute approximate surface area is 91.8 Å². The first-order chi connectivity index (χ1) is 7.24. The highest BCUT2D eigenvalue weighted by Gasteiger charge is 2.21. The van der Waals surface area contributed by atoms with Gasteiger partial charge in [0.1, 0.15) is 6.61 Å². The van der Waals surface area contributed by atoms with Crippen molar-refractivity contribution in [2.75, 3.05) is 32.8 Å². The lowest BCUT2D eigenvalue weighted by molar-refractivity contribution is -0.125. The van der Waals surface area contributed by atoms with Crippen molar-refractivity contribution in [2.45, 2.75) is 20.3 Å². The SMILES string of the molecule is CCOCC(=O)NCC1CCNCC1C. The second kappa shape index (κ2) is 6.80. The lowest BCUT2D eigenvalue weighted by atomic mass is 9.88. The molecule has 0 aromatic carbocycles. The molecule has 4 heteroatoms. The molecule has 4 nitrogen and oxygen atoms in total. The first kappa shape index (κ1) is 12.5. The third-order valence-electron chi connectivity index (χ3n) is 2.96. The van der Waals surface area contributed by atoms with E-state index < -0.39 is 0 Å². The molecule has 1 aliphatic rings. The van der Waals surface area contributed by atoms with Crippen LogP contribution in [0.15, 0.2) is 0 Å². The van der Waals surface area contributed by atoms with E-state index in [4.69, 9.17) is 4.74 Å². The van der Waals surface area contributed by atoms with Crippen molar-refractivity contribution < 1.29 is 9.53 Å². The van der Waals surface area contributed by atoms with E-state index in [2.05, 4.69) is 17.6 Å². The third kappa shape index (κ3) is 4.62. The van der Waals surface area contributed by atoms with Crippen LogP contribution in [0, 0.1) is 11.8 Å². The first-order valence-corrected chi connectivity index (χ1v) is 5.79. The maximum absolute atomic E-state index is 11.3. The molecule has 0 aliphatic carbocycles. The van der Waals surface area contributed by atoms with Crippen LogP contribution in [0.2, 0.25) is 0 Å². The van der Waals surface area contributed by atoms with Crippen LogP contribution < -0.4 is 10.6 Å². The summed E-state index contributed by atoms with van der Waals surface area (Å²) in [6.45, 7) is 7.82. The summed E-state index contributed by atoms with van der Waals surface area (Å²) in [6, 6.07) is 0. The molecule has 1 fully saturated rings. The number of carbonyl (C=O) groups is 1.